The Hall–Kier alpha value is -1.56. The summed E-state index contributed by atoms with van der Waals surface area (Å²) in [5.74, 6) is 0.796. The molecule has 0 radical (unpaired) electrons. The molecule has 1 N–H and O–H groups in total. The van der Waals surface area contributed by atoms with Crippen LogP contribution in [0.4, 0.5) is 5.69 Å². The second-order valence-electron chi connectivity index (χ2n) is 4.29. The van der Waals surface area contributed by atoms with E-state index in [1.54, 1.807) is 18.5 Å². The van der Waals surface area contributed by atoms with Crippen molar-refractivity contribution in [3.8, 4) is 6.07 Å². The van der Waals surface area contributed by atoms with Crippen LogP contribution < -0.4 is 5.32 Å². The van der Waals surface area contributed by atoms with Gasteiger partial charge in [-0.05, 0) is 31.2 Å². The minimum atomic E-state index is 0.510. The summed E-state index contributed by atoms with van der Waals surface area (Å²) < 4.78 is 0. The molecule has 2 atom stereocenters. The van der Waals surface area contributed by atoms with Crippen LogP contribution >= 0.6 is 0 Å². The lowest BCUT2D eigenvalue weighted by molar-refractivity contribution is 0.602. The van der Waals surface area contributed by atoms with E-state index in [1.165, 1.54) is 19.3 Å². The van der Waals surface area contributed by atoms with Crippen LogP contribution in [0.25, 0.3) is 0 Å². The summed E-state index contributed by atoms with van der Waals surface area (Å²) in [5, 5.41) is 12.3. The minimum absolute atomic E-state index is 0.510. The molecular weight excluding hydrogens is 186 g/mol. The molecule has 2 rings (SSSR count). The van der Waals surface area contributed by atoms with Crippen molar-refractivity contribution < 1.29 is 0 Å². The fourth-order valence-electron chi connectivity index (χ4n) is 2.17. The molecule has 1 fully saturated rings. The van der Waals surface area contributed by atoms with E-state index in [2.05, 4.69) is 23.3 Å². The minimum Gasteiger partial charge on any atom is -0.380 e. The lowest BCUT2D eigenvalue weighted by atomic mass is 10.1. The molecule has 1 aliphatic carbocycles. The zero-order valence-electron chi connectivity index (χ0n) is 8.90. The smallest absolute Gasteiger partial charge is 0.101 e. The summed E-state index contributed by atoms with van der Waals surface area (Å²) in [4.78, 5) is 4.04. The fraction of sp³-hybridized carbons (Fsp3) is 0.500. The van der Waals surface area contributed by atoms with Crippen molar-refractivity contribution in [3.05, 3.63) is 24.0 Å². The molecule has 1 aromatic rings. The maximum atomic E-state index is 8.93. The fourth-order valence-corrected chi connectivity index (χ4v) is 2.17. The molecule has 78 valence electrons. The number of nitrogens with one attached hydrogen (secondary N) is 1. The molecule has 2 unspecified atom stereocenters. The lowest BCUT2D eigenvalue weighted by Crippen LogP contribution is -2.16. The van der Waals surface area contributed by atoms with Crippen molar-refractivity contribution in [2.75, 3.05) is 5.32 Å². The third-order valence-electron chi connectivity index (χ3n) is 3.00. The number of aromatic nitrogens is 1. The van der Waals surface area contributed by atoms with Gasteiger partial charge in [-0.3, -0.25) is 4.98 Å². The van der Waals surface area contributed by atoms with E-state index in [0.29, 0.717) is 11.6 Å². The SMILES string of the molecule is CC1CCC(Nc2cnccc2C#N)C1. The topological polar surface area (TPSA) is 48.7 Å². The van der Waals surface area contributed by atoms with Crippen LogP contribution in [0.15, 0.2) is 18.5 Å². The number of anilines is 1. The molecule has 0 amide bonds. The second-order valence-corrected chi connectivity index (χ2v) is 4.29. The molecule has 3 heteroatoms. The van der Waals surface area contributed by atoms with Gasteiger partial charge in [0, 0.05) is 12.2 Å². The van der Waals surface area contributed by atoms with Crippen LogP contribution in [0.5, 0.6) is 0 Å². The maximum Gasteiger partial charge on any atom is 0.101 e. The Labute approximate surface area is 90.1 Å². The molecule has 3 nitrogen and oxygen atoms in total. The van der Waals surface area contributed by atoms with Gasteiger partial charge in [0.25, 0.3) is 0 Å². The van der Waals surface area contributed by atoms with Gasteiger partial charge in [0.1, 0.15) is 6.07 Å². The Morgan fingerprint density at radius 2 is 2.40 bits per heavy atom. The summed E-state index contributed by atoms with van der Waals surface area (Å²) in [5.41, 5.74) is 1.56. The number of hydrogen-bond donors (Lipinski definition) is 1. The average molecular weight is 201 g/mol. The number of nitrogens with zero attached hydrogens (tertiary/aromatic N) is 2. The van der Waals surface area contributed by atoms with Crippen LogP contribution in [0.3, 0.4) is 0 Å². The molecule has 1 heterocycles. The molecule has 1 saturated carbocycles. The van der Waals surface area contributed by atoms with Crippen LogP contribution in [0.2, 0.25) is 0 Å². The van der Waals surface area contributed by atoms with Crippen molar-refractivity contribution in [2.45, 2.75) is 32.2 Å². The van der Waals surface area contributed by atoms with Crippen LogP contribution in [-0.2, 0) is 0 Å². The highest BCUT2D eigenvalue weighted by Crippen LogP contribution is 2.28. The van der Waals surface area contributed by atoms with E-state index in [1.807, 2.05) is 0 Å². The van der Waals surface area contributed by atoms with E-state index < -0.39 is 0 Å². The standard InChI is InChI=1S/C12H15N3/c1-9-2-3-11(6-9)15-12-8-14-5-4-10(12)7-13/h4-5,8-9,11,15H,2-3,6H2,1H3. The van der Waals surface area contributed by atoms with Gasteiger partial charge in [-0.15, -0.1) is 0 Å². The first-order valence-corrected chi connectivity index (χ1v) is 5.40. The summed E-state index contributed by atoms with van der Waals surface area (Å²) in [6.45, 7) is 2.27. The Morgan fingerprint density at radius 1 is 1.53 bits per heavy atom. The predicted octanol–water partition coefficient (Wildman–Crippen LogP) is 2.55. The third kappa shape index (κ3) is 2.27. The van der Waals surface area contributed by atoms with E-state index in [0.717, 1.165) is 11.6 Å². The van der Waals surface area contributed by atoms with Crippen molar-refractivity contribution in [2.24, 2.45) is 5.92 Å². The summed E-state index contributed by atoms with van der Waals surface area (Å²) in [6, 6.07) is 4.44. The summed E-state index contributed by atoms with van der Waals surface area (Å²) in [7, 11) is 0. The van der Waals surface area contributed by atoms with Crippen LogP contribution in [0, 0.1) is 17.2 Å². The monoisotopic (exact) mass is 201 g/mol. The molecule has 0 saturated heterocycles. The lowest BCUT2D eigenvalue weighted by Gasteiger charge is -2.14. The quantitative estimate of drug-likeness (QED) is 0.800. The molecule has 1 aliphatic rings. The van der Waals surface area contributed by atoms with Crippen molar-refractivity contribution >= 4 is 5.69 Å². The van der Waals surface area contributed by atoms with E-state index >= 15 is 0 Å². The van der Waals surface area contributed by atoms with Gasteiger partial charge < -0.3 is 5.32 Å². The van der Waals surface area contributed by atoms with E-state index in [4.69, 9.17) is 5.26 Å². The Kier molecular flexibility index (Phi) is 2.86. The average Bonchev–Trinajstić information content (AvgIpc) is 2.65. The highest BCUT2D eigenvalue weighted by Gasteiger charge is 2.21. The van der Waals surface area contributed by atoms with Gasteiger partial charge in [-0.1, -0.05) is 6.92 Å². The van der Waals surface area contributed by atoms with E-state index in [9.17, 15) is 0 Å². The Morgan fingerprint density at radius 3 is 3.07 bits per heavy atom. The first-order chi connectivity index (χ1) is 7.29. The first kappa shape index (κ1) is 9.97. The number of nitriles is 1. The van der Waals surface area contributed by atoms with Gasteiger partial charge in [-0.25, -0.2) is 0 Å². The van der Waals surface area contributed by atoms with E-state index in [-0.39, 0.29) is 0 Å². The zero-order valence-corrected chi connectivity index (χ0v) is 8.90. The molecule has 0 spiro atoms. The summed E-state index contributed by atoms with van der Waals surface area (Å²) >= 11 is 0. The second kappa shape index (κ2) is 4.31. The molecule has 0 aromatic carbocycles. The molecule has 1 aromatic heterocycles. The Balaban J connectivity index is 2.08. The highest BCUT2D eigenvalue weighted by molar-refractivity contribution is 5.55. The number of hydrogen-bond acceptors (Lipinski definition) is 3. The van der Waals surface area contributed by atoms with Gasteiger partial charge in [0.05, 0.1) is 17.4 Å². The van der Waals surface area contributed by atoms with Gasteiger partial charge in [0.2, 0.25) is 0 Å². The molecule has 15 heavy (non-hydrogen) atoms. The molecule has 0 aliphatic heterocycles. The van der Waals surface area contributed by atoms with Crippen molar-refractivity contribution in [1.29, 1.82) is 5.26 Å². The van der Waals surface area contributed by atoms with Gasteiger partial charge in [0.15, 0.2) is 0 Å². The summed E-state index contributed by atoms with van der Waals surface area (Å²) in [6.07, 6.45) is 7.06. The Bertz CT molecular complexity index is 381. The first-order valence-electron chi connectivity index (χ1n) is 5.40. The van der Waals surface area contributed by atoms with Crippen LogP contribution in [-0.4, -0.2) is 11.0 Å². The third-order valence-corrected chi connectivity index (χ3v) is 3.00. The number of pyridine rings is 1. The molecular formula is C12H15N3. The number of rotatable bonds is 2. The predicted molar refractivity (Wildman–Crippen MR) is 59.4 cm³/mol. The van der Waals surface area contributed by atoms with Gasteiger partial charge >= 0.3 is 0 Å². The molecule has 0 bridgehead atoms. The maximum absolute atomic E-state index is 8.93. The van der Waals surface area contributed by atoms with Crippen molar-refractivity contribution in [3.63, 3.8) is 0 Å². The normalized spacial score (nSPS) is 24.8. The largest absolute Gasteiger partial charge is 0.380 e. The zero-order chi connectivity index (χ0) is 10.7. The van der Waals surface area contributed by atoms with Crippen molar-refractivity contribution in [1.82, 2.24) is 4.98 Å². The highest BCUT2D eigenvalue weighted by atomic mass is 14.9. The van der Waals surface area contributed by atoms with Crippen LogP contribution in [0.1, 0.15) is 31.7 Å². The van der Waals surface area contributed by atoms with Gasteiger partial charge in [-0.2, -0.15) is 5.26 Å².